The number of rotatable bonds is 3. The number of imidazole rings is 1. The molecule has 0 saturated carbocycles. The number of nitriles is 1. The van der Waals surface area contributed by atoms with Crippen LogP contribution in [0.5, 0.6) is 0 Å². The van der Waals surface area contributed by atoms with E-state index in [9.17, 15) is 4.79 Å². The zero-order chi connectivity index (χ0) is 15.5. The molecule has 2 aromatic rings. The van der Waals surface area contributed by atoms with Gasteiger partial charge in [-0.05, 0) is 30.5 Å². The van der Waals surface area contributed by atoms with Crippen LogP contribution in [0.25, 0.3) is 0 Å². The van der Waals surface area contributed by atoms with E-state index in [0.717, 1.165) is 25.2 Å². The normalized spacial score (nSPS) is 16.6. The molecule has 5 heteroatoms. The average molecular weight is 294 g/mol. The van der Waals surface area contributed by atoms with Crippen molar-refractivity contribution in [2.24, 2.45) is 5.92 Å². The molecule has 0 aliphatic carbocycles. The lowest BCUT2D eigenvalue weighted by Crippen LogP contribution is -2.35. The maximum Gasteiger partial charge on any atom is 0.253 e. The number of fused-ring (bicyclic) bond motifs is 1. The average Bonchev–Trinajstić information content (AvgIpc) is 3.01. The smallest absolute Gasteiger partial charge is 0.253 e. The molecule has 1 aromatic heterocycles. The lowest BCUT2D eigenvalue weighted by Gasteiger charge is -2.28. The molecule has 112 valence electrons. The molecule has 0 radical (unpaired) electrons. The molecular formula is C17H18N4O. The number of carbonyl (C=O) groups excluding carboxylic acids is 1. The van der Waals surface area contributed by atoms with Gasteiger partial charge in [-0.3, -0.25) is 4.79 Å². The van der Waals surface area contributed by atoms with Crippen molar-refractivity contribution in [2.45, 2.75) is 19.4 Å². The first-order valence-electron chi connectivity index (χ1n) is 7.43. The highest BCUT2D eigenvalue weighted by Gasteiger charge is 2.22. The first kappa shape index (κ1) is 14.3. The van der Waals surface area contributed by atoms with Crippen molar-refractivity contribution in [3.63, 3.8) is 0 Å². The maximum absolute atomic E-state index is 12.5. The van der Waals surface area contributed by atoms with E-state index in [1.165, 1.54) is 0 Å². The minimum atomic E-state index is -0.0338. The molecule has 0 unspecified atom stereocenters. The summed E-state index contributed by atoms with van der Waals surface area (Å²) >= 11 is 0. The van der Waals surface area contributed by atoms with Gasteiger partial charge in [-0.15, -0.1) is 0 Å². The molecule has 5 nitrogen and oxygen atoms in total. The fourth-order valence-corrected chi connectivity index (χ4v) is 3.00. The minimum Gasteiger partial charge on any atom is -0.341 e. The summed E-state index contributed by atoms with van der Waals surface area (Å²) in [7, 11) is 1.82. The molecule has 0 bridgehead atoms. The highest BCUT2D eigenvalue weighted by Crippen LogP contribution is 2.20. The van der Waals surface area contributed by atoms with Gasteiger partial charge in [-0.25, -0.2) is 4.98 Å². The Morgan fingerprint density at radius 1 is 1.55 bits per heavy atom. The van der Waals surface area contributed by atoms with Gasteiger partial charge in [0.15, 0.2) is 0 Å². The molecular weight excluding hydrogens is 276 g/mol. The topological polar surface area (TPSA) is 61.9 Å². The fourth-order valence-electron chi connectivity index (χ4n) is 3.00. The molecule has 1 atom stereocenters. The van der Waals surface area contributed by atoms with Gasteiger partial charge in [0, 0.05) is 44.5 Å². The SMILES string of the molecule is CN(C[C@@H]1CCc2nccn2C1)C(=O)c1cccc(C#N)c1. The van der Waals surface area contributed by atoms with E-state index in [1.807, 2.05) is 19.4 Å². The highest BCUT2D eigenvalue weighted by molar-refractivity contribution is 5.94. The van der Waals surface area contributed by atoms with E-state index in [-0.39, 0.29) is 5.91 Å². The Morgan fingerprint density at radius 2 is 2.41 bits per heavy atom. The molecule has 0 N–H and O–H groups in total. The highest BCUT2D eigenvalue weighted by atomic mass is 16.2. The molecule has 22 heavy (non-hydrogen) atoms. The third kappa shape index (κ3) is 2.86. The summed E-state index contributed by atoms with van der Waals surface area (Å²) < 4.78 is 2.17. The number of aryl methyl sites for hydroxylation is 1. The van der Waals surface area contributed by atoms with Gasteiger partial charge in [0.2, 0.25) is 0 Å². The maximum atomic E-state index is 12.5. The standard InChI is InChI=1S/C17H18N4O/c1-20(17(22)15-4-2-3-13(9-15)10-18)11-14-5-6-16-19-7-8-21(16)12-14/h2-4,7-9,14H,5-6,11-12H2,1H3/t14-/m0/s1. The molecule has 1 amide bonds. The van der Waals surface area contributed by atoms with Crippen LogP contribution in [0.3, 0.4) is 0 Å². The van der Waals surface area contributed by atoms with Crippen LogP contribution in [0.2, 0.25) is 0 Å². The Labute approximate surface area is 129 Å². The zero-order valence-corrected chi connectivity index (χ0v) is 12.6. The van der Waals surface area contributed by atoms with Crippen LogP contribution < -0.4 is 0 Å². The third-order valence-electron chi connectivity index (χ3n) is 4.15. The summed E-state index contributed by atoms with van der Waals surface area (Å²) in [6, 6.07) is 8.93. The molecule has 1 aliphatic heterocycles. The molecule has 0 fully saturated rings. The predicted octanol–water partition coefficient (Wildman–Crippen LogP) is 2.09. The van der Waals surface area contributed by atoms with Gasteiger partial charge in [-0.1, -0.05) is 6.07 Å². The number of aromatic nitrogens is 2. The van der Waals surface area contributed by atoms with Gasteiger partial charge < -0.3 is 9.47 Å². The Morgan fingerprint density at radius 3 is 3.23 bits per heavy atom. The van der Waals surface area contributed by atoms with Gasteiger partial charge in [-0.2, -0.15) is 5.26 Å². The Balaban J connectivity index is 1.66. The number of hydrogen-bond donors (Lipinski definition) is 0. The Bertz CT molecular complexity index is 728. The van der Waals surface area contributed by atoms with Crippen molar-refractivity contribution >= 4 is 5.91 Å². The second kappa shape index (κ2) is 6.02. The summed E-state index contributed by atoms with van der Waals surface area (Å²) in [5, 5.41) is 8.93. The van der Waals surface area contributed by atoms with Crippen LogP contribution in [-0.4, -0.2) is 34.0 Å². The van der Waals surface area contributed by atoms with E-state index < -0.39 is 0 Å². The minimum absolute atomic E-state index is 0.0338. The summed E-state index contributed by atoms with van der Waals surface area (Å²) in [5.41, 5.74) is 1.08. The molecule has 0 saturated heterocycles. The van der Waals surface area contributed by atoms with Crippen molar-refractivity contribution in [3.8, 4) is 6.07 Å². The van der Waals surface area contributed by atoms with E-state index in [4.69, 9.17) is 5.26 Å². The van der Waals surface area contributed by atoms with Crippen molar-refractivity contribution < 1.29 is 4.79 Å². The zero-order valence-electron chi connectivity index (χ0n) is 12.6. The predicted molar refractivity (Wildman–Crippen MR) is 82.2 cm³/mol. The van der Waals surface area contributed by atoms with Gasteiger partial charge in [0.25, 0.3) is 5.91 Å². The van der Waals surface area contributed by atoms with E-state index in [1.54, 1.807) is 29.2 Å². The first-order chi connectivity index (χ1) is 10.7. The third-order valence-corrected chi connectivity index (χ3v) is 4.15. The van der Waals surface area contributed by atoms with E-state index >= 15 is 0 Å². The van der Waals surface area contributed by atoms with Gasteiger partial charge >= 0.3 is 0 Å². The van der Waals surface area contributed by atoms with Crippen LogP contribution in [0.4, 0.5) is 0 Å². The fraction of sp³-hybridized carbons (Fsp3) is 0.353. The van der Waals surface area contributed by atoms with E-state index in [2.05, 4.69) is 15.6 Å². The van der Waals surface area contributed by atoms with E-state index in [0.29, 0.717) is 23.6 Å². The summed E-state index contributed by atoms with van der Waals surface area (Å²) in [4.78, 5) is 18.6. The van der Waals surface area contributed by atoms with Crippen LogP contribution >= 0.6 is 0 Å². The second-order valence-corrected chi connectivity index (χ2v) is 5.78. The number of nitrogens with zero attached hydrogens (tertiary/aromatic N) is 4. The summed E-state index contributed by atoms with van der Waals surface area (Å²) in [6.07, 6.45) is 5.84. The van der Waals surface area contributed by atoms with Crippen LogP contribution in [-0.2, 0) is 13.0 Å². The number of carbonyl (C=O) groups is 1. The van der Waals surface area contributed by atoms with Crippen molar-refractivity contribution in [1.29, 1.82) is 5.26 Å². The van der Waals surface area contributed by atoms with Crippen molar-refractivity contribution in [2.75, 3.05) is 13.6 Å². The van der Waals surface area contributed by atoms with Crippen LogP contribution in [0, 0.1) is 17.2 Å². The van der Waals surface area contributed by atoms with Gasteiger partial charge in [0.1, 0.15) is 5.82 Å². The molecule has 1 aliphatic rings. The lowest BCUT2D eigenvalue weighted by molar-refractivity contribution is 0.0760. The van der Waals surface area contributed by atoms with Crippen LogP contribution in [0.1, 0.15) is 28.2 Å². The Hall–Kier alpha value is -2.61. The van der Waals surface area contributed by atoms with Gasteiger partial charge in [0.05, 0.1) is 11.6 Å². The number of hydrogen-bond acceptors (Lipinski definition) is 3. The lowest BCUT2D eigenvalue weighted by atomic mass is 9.98. The molecule has 1 aromatic carbocycles. The molecule has 3 rings (SSSR count). The first-order valence-corrected chi connectivity index (χ1v) is 7.43. The second-order valence-electron chi connectivity index (χ2n) is 5.78. The van der Waals surface area contributed by atoms with Crippen molar-refractivity contribution in [3.05, 3.63) is 53.6 Å². The number of amides is 1. The quantitative estimate of drug-likeness (QED) is 0.871. The molecule has 0 spiro atoms. The molecule has 2 heterocycles. The summed E-state index contributed by atoms with van der Waals surface area (Å²) in [6.45, 7) is 1.62. The van der Waals surface area contributed by atoms with Crippen molar-refractivity contribution in [1.82, 2.24) is 14.5 Å². The Kier molecular flexibility index (Phi) is 3.92. The largest absolute Gasteiger partial charge is 0.341 e. The summed E-state index contributed by atoms with van der Waals surface area (Å²) in [5.74, 6) is 1.54. The number of benzene rings is 1. The van der Waals surface area contributed by atoms with Crippen LogP contribution in [0.15, 0.2) is 36.7 Å². The monoisotopic (exact) mass is 294 g/mol.